The van der Waals surface area contributed by atoms with Crippen LogP contribution in [-0.4, -0.2) is 32.9 Å². The molecule has 0 aliphatic heterocycles. The summed E-state index contributed by atoms with van der Waals surface area (Å²) in [4.78, 5) is 0.236. The lowest BCUT2D eigenvalue weighted by Crippen LogP contribution is -2.37. The SMILES string of the molecule is CCC(C)N(Cc1cccc(OS(=O)(=O)CC)c1)S(=O)(=O)c1ccc(C)cc1. The lowest BCUT2D eigenvalue weighted by molar-refractivity contribution is 0.322. The van der Waals surface area contributed by atoms with Crippen LogP contribution in [0.15, 0.2) is 53.4 Å². The average Bonchev–Trinajstić information content (AvgIpc) is 2.65. The van der Waals surface area contributed by atoms with Gasteiger partial charge in [0.1, 0.15) is 5.75 Å². The van der Waals surface area contributed by atoms with Gasteiger partial charge in [0.25, 0.3) is 0 Å². The third-order valence-electron chi connectivity index (χ3n) is 4.52. The predicted molar refractivity (Wildman–Crippen MR) is 110 cm³/mol. The standard InChI is InChI=1S/C20H27NO5S2/c1-5-17(4)21(28(24,25)20-12-10-16(3)11-13-20)15-18-8-7-9-19(14-18)26-27(22,23)6-2/h7-14,17H,5-6,15H2,1-4H3. The number of rotatable bonds is 9. The van der Waals surface area contributed by atoms with E-state index in [1.807, 2.05) is 20.8 Å². The summed E-state index contributed by atoms with van der Waals surface area (Å²) >= 11 is 0. The lowest BCUT2D eigenvalue weighted by Gasteiger charge is -2.28. The van der Waals surface area contributed by atoms with Gasteiger partial charge in [-0.05, 0) is 57.0 Å². The molecule has 0 fully saturated rings. The molecule has 0 heterocycles. The van der Waals surface area contributed by atoms with Crippen LogP contribution in [0.5, 0.6) is 5.75 Å². The molecule has 0 N–H and O–H groups in total. The minimum absolute atomic E-state index is 0.120. The maximum atomic E-state index is 13.2. The molecule has 2 aromatic carbocycles. The highest BCUT2D eigenvalue weighted by Crippen LogP contribution is 2.24. The molecule has 0 spiro atoms. The zero-order chi connectivity index (χ0) is 20.9. The summed E-state index contributed by atoms with van der Waals surface area (Å²) in [5, 5.41) is 0. The number of hydrogen-bond donors (Lipinski definition) is 0. The monoisotopic (exact) mass is 425 g/mol. The first kappa shape index (κ1) is 22.4. The third-order valence-corrected chi connectivity index (χ3v) is 7.65. The molecular formula is C20H27NO5S2. The summed E-state index contributed by atoms with van der Waals surface area (Å²) in [5.41, 5.74) is 1.64. The Morgan fingerprint density at radius 1 is 1.00 bits per heavy atom. The fraction of sp³-hybridized carbons (Fsp3) is 0.400. The Hall–Kier alpha value is -1.90. The summed E-state index contributed by atoms with van der Waals surface area (Å²) in [5.74, 6) is 0.0362. The Bertz CT molecular complexity index is 999. The molecule has 0 aliphatic carbocycles. The van der Waals surface area contributed by atoms with Crippen LogP contribution in [0.1, 0.15) is 38.3 Å². The topological polar surface area (TPSA) is 80.8 Å². The van der Waals surface area contributed by atoms with Crippen LogP contribution < -0.4 is 4.18 Å². The van der Waals surface area contributed by atoms with E-state index in [0.29, 0.717) is 12.0 Å². The van der Waals surface area contributed by atoms with Crippen LogP contribution in [0.25, 0.3) is 0 Å². The smallest absolute Gasteiger partial charge is 0.308 e. The van der Waals surface area contributed by atoms with Crippen molar-refractivity contribution in [2.24, 2.45) is 0 Å². The first-order valence-corrected chi connectivity index (χ1v) is 12.2. The molecule has 28 heavy (non-hydrogen) atoms. The van der Waals surface area contributed by atoms with E-state index in [0.717, 1.165) is 5.56 Å². The maximum Gasteiger partial charge on any atom is 0.308 e. The van der Waals surface area contributed by atoms with Gasteiger partial charge in [-0.3, -0.25) is 0 Å². The predicted octanol–water partition coefficient (Wildman–Crippen LogP) is 3.71. The minimum Gasteiger partial charge on any atom is -0.382 e. The van der Waals surface area contributed by atoms with Crippen LogP contribution >= 0.6 is 0 Å². The zero-order valence-corrected chi connectivity index (χ0v) is 18.3. The van der Waals surface area contributed by atoms with Crippen LogP contribution in [0.3, 0.4) is 0 Å². The summed E-state index contributed by atoms with van der Waals surface area (Å²) in [6, 6.07) is 13.0. The van der Waals surface area contributed by atoms with Gasteiger partial charge in [-0.1, -0.05) is 36.8 Å². The van der Waals surface area contributed by atoms with Crippen molar-refractivity contribution in [3.63, 3.8) is 0 Å². The third kappa shape index (κ3) is 5.56. The van der Waals surface area contributed by atoms with Crippen LogP contribution in [0.2, 0.25) is 0 Å². The van der Waals surface area contributed by atoms with E-state index in [4.69, 9.17) is 4.18 Å². The second-order valence-electron chi connectivity index (χ2n) is 6.70. The lowest BCUT2D eigenvalue weighted by atomic mass is 10.2. The van der Waals surface area contributed by atoms with Gasteiger partial charge in [0.15, 0.2) is 0 Å². The quantitative estimate of drug-likeness (QED) is 0.572. The average molecular weight is 426 g/mol. The van der Waals surface area contributed by atoms with Gasteiger partial charge in [0.2, 0.25) is 10.0 Å². The second-order valence-corrected chi connectivity index (χ2v) is 10.4. The molecule has 0 radical (unpaired) electrons. The van der Waals surface area contributed by atoms with Crippen molar-refractivity contribution in [3.05, 3.63) is 59.7 Å². The Balaban J connectivity index is 2.36. The fourth-order valence-corrected chi connectivity index (χ4v) is 4.82. The highest BCUT2D eigenvalue weighted by molar-refractivity contribution is 7.89. The largest absolute Gasteiger partial charge is 0.382 e. The molecule has 1 unspecified atom stereocenters. The Morgan fingerprint density at radius 2 is 1.64 bits per heavy atom. The molecule has 2 rings (SSSR count). The molecule has 154 valence electrons. The summed E-state index contributed by atoms with van der Waals surface area (Å²) in [6.07, 6.45) is 0.644. The zero-order valence-electron chi connectivity index (χ0n) is 16.6. The normalized spacial score (nSPS) is 13.5. The molecule has 6 nitrogen and oxygen atoms in total. The van der Waals surface area contributed by atoms with Crippen LogP contribution in [0.4, 0.5) is 0 Å². The van der Waals surface area contributed by atoms with Gasteiger partial charge >= 0.3 is 10.1 Å². The molecule has 0 saturated heterocycles. The number of nitrogens with zero attached hydrogens (tertiary/aromatic N) is 1. The summed E-state index contributed by atoms with van der Waals surface area (Å²) in [7, 11) is -7.35. The number of sulfonamides is 1. The van der Waals surface area contributed by atoms with Crippen molar-refractivity contribution in [1.82, 2.24) is 4.31 Å². The van der Waals surface area contributed by atoms with Crippen LogP contribution in [-0.2, 0) is 26.7 Å². The number of hydrogen-bond acceptors (Lipinski definition) is 5. The van der Waals surface area contributed by atoms with Crippen molar-refractivity contribution in [2.75, 3.05) is 5.75 Å². The van der Waals surface area contributed by atoms with E-state index in [-0.39, 0.29) is 29.0 Å². The summed E-state index contributed by atoms with van der Waals surface area (Å²) < 4.78 is 56.3. The van der Waals surface area contributed by atoms with Crippen molar-refractivity contribution in [3.8, 4) is 5.75 Å². The van der Waals surface area contributed by atoms with Gasteiger partial charge < -0.3 is 4.18 Å². The van der Waals surface area contributed by atoms with Crippen LogP contribution in [0, 0.1) is 6.92 Å². The van der Waals surface area contributed by atoms with Gasteiger partial charge in [-0.15, -0.1) is 0 Å². The maximum absolute atomic E-state index is 13.2. The highest BCUT2D eigenvalue weighted by atomic mass is 32.2. The van der Waals surface area contributed by atoms with Crippen molar-refractivity contribution >= 4 is 20.1 Å². The van der Waals surface area contributed by atoms with E-state index < -0.39 is 20.1 Å². The Morgan fingerprint density at radius 3 is 2.21 bits per heavy atom. The molecule has 0 aromatic heterocycles. The molecule has 0 saturated carbocycles. The molecule has 0 bridgehead atoms. The van der Waals surface area contributed by atoms with Gasteiger partial charge in [-0.25, -0.2) is 8.42 Å². The molecule has 1 atom stereocenters. The van der Waals surface area contributed by atoms with E-state index in [1.165, 1.54) is 11.2 Å². The van der Waals surface area contributed by atoms with Crippen molar-refractivity contribution < 1.29 is 21.0 Å². The number of benzene rings is 2. The van der Waals surface area contributed by atoms with Gasteiger partial charge in [-0.2, -0.15) is 12.7 Å². The van der Waals surface area contributed by atoms with Crippen molar-refractivity contribution in [1.29, 1.82) is 0 Å². The molecule has 0 aliphatic rings. The van der Waals surface area contributed by atoms with E-state index in [2.05, 4.69) is 0 Å². The van der Waals surface area contributed by atoms with Gasteiger partial charge in [0.05, 0.1) is 10.6 Å². The fourth-order valence-electron chi connectivity index (χ4n) is 2.61. The molecular weight excluding hydrogens is 398 g/mol. The van der Waals surface area contributed by atoms with E-state index >= 15 is 0 Å². The second kappa shape index (κ2) is 9.07. The van der Waals surface area contributed by atoms with E-state index in [9.17, 15) is 16.8 Å². The molecule has 0 amide bonds. The van der Waals surface area contributed by atoms with Crippen molar-refractivity contribution in [2.45, 2.75) is 51.6 Å². The van der Waals surface area contributed by atoms with E-state index in [1.54, 1.807) is 48.5 Å². The summed E-state index contributed by atoms with van der Waals surface area (Å²) in [6.45, 7) is 7.30. The highest BCUT2D eigenvalue weighted by Gasteiger charge is 2.28. The Kier molecular flexibility index (Phi) is 7.25. The first-order valence-electron chi connectivity index (χ1n) is 9.18. The minimum atomic E-state index is -3.71. The number of aryl methyl sites for hydroxylation is 1. The Labute approximate surface area is 168 Å². The molecule has 8 heteroatoms. The van der Waals surface area contributed by atoms with Gasteiger partial charge in [0, 0.05) is 12.6 Å². The first-order chi connectivity index (χ1) is 13.1. The molecule has 2 aromatic rings.